The Kier molecular flexibility index (Phi) is 6.68. The number of fused-ring (bicyclic) bond motifs is 3. The lowest BCUT2D eigenvalue weighted by Gasteiger charge is -2.29. The predicted octanol–water partition coefficient (Wildman–Crippen LogP) is 6.83. The van der Waals surface area contributed by atoms with Crippen LogP contribution in [-0.2, 0) is 5.41 Å². The van der Waals surface area contributed by atoms with Gasteiger partial charge in [-0.3, -0.25) is 0 Å². The van der Waals surface area contributed by atoms with E-state index in [-0.39, 0.29) is 5.41 Å². The van der Waals surface area contributed by atoms with Crippen molar-refractivity contribution in [2.75, 3.05) is 0 Å². The van der Waals surface area contributed by atoms with Crippen molar-refractivity contribution in [3.8, 4) is 11.1 Å². The topological polar surface area (TPSA) is 0 Å². The number of hydrogen-bond donors (Lipinski definition) is 0. The highest BCUT2D eigenvalue weighted by Gasteiger charge is 2.39. The molecule has 2 aromatic carbocycles. The van der Waals surface area contributed by atoms with Gasteiger partial charge in [0.25, 0.3) is 0 Å². The van der Waals surface area contributed by atoms with Gasteiger partial charge in [0.2, 0.25) is 0 Å². The average Bonchev–Trinajstić information content (AvgIpc) is 2.89. The normalized spacial score (nSPS) is 13.0. The highest BCUT2D eigenvalue weighted by atomic mass is 14.4. The highest BCUT2D eigenvalue weighted by Crippen LogP contribution is 2.52. The third kappa shape index (κ3) is 2.77. The zero-order valence-electron chi connectivity index (χ0n) is 14.5. The van der Waals surface area contributed by atoms with E-state index < -0.39 is 0 Å². The van der Waals surface area contributed by atoms with E-state index in [0.29, 0.717) is 0 Å². The van der Waals surface area contributed by atoms with Crippen molar-refractivity contribution in [2.45, 2.75) is 59.8 Å². The summed E-state index contributed by atoms with van der Waals surface area (Å²) in [5.41, 5.74) is 6.16. The molecular formula is C21H30. The van der Waals surface area contributed by atoms with Gasteiger partial charge in [-0.05, 0) is 35.1 Å². The maximum absolute atomic E-state index is 2.31. The van der Waals surface area contributed by atoms with Crippen molar-refractivity contribution >= 4 is 0 Å². The van der Waals surface area contributed by atoms with Crippen LogP contribution in [0.1, 0.15) is 65.5 Å². The van der Waals surface area contributed by atoms with Crippen molar-refractivity contribution in [3.63, 3.8) is 0 Å². The maximum atomic E-state index is 2.31. The monoisotopic (exact) mass is 282 g/mol. The number of benzene rings is 2. The van der Waals surface area contributed by atoms with Crippen molar-refractivity contribution < 1.29 is 0 Å². The Morgan fingerprint density at radius 1 is 0.619 bits per heavy atom. The first-order valence-electron chi connectivity index (χ1n) is 8.53. The summed E-state index contributed by atoms with van der Waals surface area (Å²) in [5.74, 6) is 0. The first-order chi connectivity index (χ1) is 10.3. The van der Waals surface area contributed by atoms with Gasteiger partial charge in [-0.25, -0.2) is 0 Å². The Hall–Kier alpha value is -1.56. The van der Waals surface area contributed by atoms with Crippen LogP contribution in [0.25, 0.3) is 11.1 Å². The van der Waals surface area contributed by atoms with Gasteiger partial charge < -0.3 is 0 Å². The molecule has 0 amide bonds. The van der Waals surface area contributed by atoms with Gasteiger partial charge >= 0.3 is 0 Å². The summed E-state index contributed by atoms with van der Waals surface area (Å²) in [7, 11) is 0. The van der Waals surface area contributed by atoms with Crippen LogP contribution in [-0.4, -0.2) is 0 Å². The molecule has 0 aliphatic heterocycles. The Morgan fingerprint density at radius 3 is 1.29 bits per heavy atom. The van der Waals surface area contributed by atoms with Crippen LogP contribution in [0.3, 0.4) is 0 Å². The Labute approximate surface area is 131 Å². The molecule has 3 rings (SSSR count). The fourth-order valence-corrected chi connectivity index (χ4v) is 3.43. The second-order valence-electron chi connectivity index (χ2n) is 4.88. The molecule has 2 aromatic rings. The van der Waals surface area contributed by atoms with Crippen molar-refractivity contribution in [2.24, 2.45) is 0 Å². The SMILES string of the molecule is CC.CC.CCC1(CC)c2ccccc2-c2ccccc21. The molecule has 0 N–H and O–H groups in total. The molecule has 21 heavy (non-hydrogen) atoms. The van der Waals surface area contributed by atoms with Crippen LogP contribution >= 0.6 is 0 Å². The zero-order valence-corrected chi connectivity index (χ0v) is 14.5. The quantitative estimate of drug-likeness (QED) is 0.566. The van der Waals surface area contributed by atoms with Crippen LogP contribution < -0.4 is 0 Å². The van der Waals surface area contributed by atoms with Gasteiger partial charge in [0.05, 0.1) is 0 Å². The Morgan fingerprint density at radius 2 is 0.952 bits per heavy atom. The third-order valence-electron chi connectivity index (χ3n) is 4.38. The Bertz CT molecular complexity index is 500. The van der Waals surface area contributed by atoms with E-state index in [4.69, 9.17) is 0 Å². The fraction of sp³-hybridized carbons (Fsp3) is 0.429. The predicted molar refractivity (Wildman–Crippen MR) is 95.9 cm³/mol. The lowest BCUT2D eigenvalue weighted by molar-refractivity contribution is 0.490. The van der Waals surface area contributed by atoms with E-state index >= 15 is 0 Å². The molecule has 0 radical (unpaired) electrons. The van der Waals surface area contributed by atoms with Crippen molar-refractivity contribution in [1.29, 1.82) is 0 Å². The van der Waals surface area contributed by atoms with Crippen LogP contribution in [0.15, 0.2) is 48.5 Å². The number of rotatable bonds is 2. The molecule has 0 aromatic heterocycles. The number of hydrogen-bond acceptors (Lipinski definition) is 0. The minimum atomic E-state index is 0.243. The van der Waals surface area contributed by atoms with E-state index in [1.807, 2.05) is 27.7 Å². The van der Waals surface area contributed by atoms with Crippen LogP contribution in [0, 0.1) is 0 Å². The second kappa shape index (κ2) is 8.02. The average molecular weight is 282 g/mol. The van der Waals surface area contributed by atoms with Gasteiger partial charge in [-0.1, -0.05) is 90.1 Å². The summed E-state index contributed by atoms with van der Waals surface area (Å²) < 4.78 is 0. The Balaban J connectivity index is 0.000000510. The summed E-state index contributed by atoms with van der Waals surface area (Å²) in [6.45, 7) is 12.6. The molecule has 0 fully saturated rings. The molecule has 0 heterocycles. The van der Waals surface area contributed by atoms with Crippen molar-refractivity contribution in [1.82, 2.24) is 0 Å². The van der Waals surface area contributed by atoms with E-state index in [2.05, 4.69) is 62.4 Å². The lowest BCUT2D eigenvalue weighted by Crippen LogP contribution is -2.22. The molecule has 114 valence electrons. The van der Waals surface area contributed by atoms with E-state index in [1.54, 1.807) is 0 Å². The summed E-state index contributed by atoms with van der Waals surface area (Å²) in [5, 5.41) is 0. The van der Waals surface area contributed by atoms with Crippen LogP contribution in [0.4, 0.5) is 0 Å². The zero-order chi connectivity index (χ0) is 15.9. The molecule has 0 atom stereocenters. The first kappa shape index (κ1) is 17.5. The van der Waals surface area contributed by atoms with Gasteiger partial charge in [0, 0.05) is 5.41 Å². The van der Waals surface area contributed by atoms with Gasteiger partial charge in [-0.2, -0.15) is 0 Å². The molecule has 0 heteroatoms. The standard InChI is InChI=1S/C17H18.2C2H6/c1-3-17(4-2)15-11-7-5-9-13(15)14-10-6-8-12-16(14)17;2*1-2/h5-12H,3-4H2,1-2H3;2*1-2H3. The summed E-state index contributed by atoms with van der Waals surface area (Å²) >= 11 is 0. The highest BCUT2D eigenvalue weighted by molar-refractivity contribution is 5.80. The largest absolute Gasteiger partial charge is 0.0683 e. The lowest BCUT2D eigenvalue weighted by atomic mass is 9.74. The summed E-state index contributed by atoms with van der Waals surface area (Å²) in [4.78, 5) is 0. The molecule has 0 nitrogen and oxygen atoms in total. The van der Waals surface area contributed by atoms with Crippen molar-refractivity contribution in [3.05, 3.63) is 59.7 Å². The van der Waals surface area contributed by atoms with Crippen LogP contribution in [0.5, 0.6) is 0 Å². The third-order valence-corrected chi connectivity index (χ3v) is 4.38. The summed E-state index contributed by atoms with van der Waals surface area (Å²) in [6, 6.07) is 17.8. The smallest absolute Gasteiger partial charge is 0.0210 e. The molecule has 0 saturated carbocycles. The molecular weight excluding hydrogens is 252 g/mol. The molecule has 1 aliphatic carbocycles. The minimum absolute atomic E-state index is 0.243. The maximum Gasteiger partial charge on any atom is 0.0210 e. The van der Waals surface area contributed by atoms with E-state index in [1.165, 1.54) is 35.1 Å². The van der Waals surface area contributed by atoms with Crippen LogP contribution in [0.2, 0.25) is 0 Å². The van der Waals surface area contributed by atoms with Gasteiger partial charge in [0.1, 0.15) is 0 Å². The molecule has 1 aliphatic rings. The molecule has 0 saturated heterocycles. The molecule has 0 spiro atoms. The second-order valence-corrected chi connectivity index (χ2v) is 4.88. The fourth-order valence-electron chi connectivity index (χ4n) is 3.43. The van der Waals surface area contributed by atoms with Gasteiger partial charge in [0.15, 0.2) is 0 Å². The minimum Gasteiger partial charge on any atom is -0.0683 e. The first-order valence-corrected chi connectivity index (χ1v) is 8.53. The molecule has 0 bridgehead atoms. The van der Waals surface area contributed by atoms with E-state index in [9.17, 15) is 0 Å². The molecule has 0 unspecified atom stereocenters. The van der Waals surface area contributed by atoms with E-state index in [0.717, 1.165) is 0 Å². The van der Waals surface area contributed by atoms with Gasteiger partial charge in [-0.15, -0.1) is 0 Å². The summed E-state index contributed by atoms with van der Waals surface area (Å²) in [6.07, 6.45) is 2.36.